The van der Waals surface area contributed by atoms with Gasteiger partial charge in [0, 0.05) is 17.0 Å². The first kappa shape index (κ1) is 27.4. The highest BCUT2D eigenvalue weighted by Gasteiger charge is 2.20. The normalized spacial score (nSPS) is 11.7. The van der Waals surface area contributed by atoms with Gasteiger partial charge in [-0.25, -0.2) is 14.8 Å². The number of nitrogen functional groups attached to an aromatic ring is 2. The number of carbonyl (C=O) groups is 3. The molecule has 0 spiro atoms. The van der Waals surface area contributed by atoms with E-state index in [0.717, 1.165) is 10.4 Å². The van der Waals surface area contributed by atoms with E-state index < -0.39 is 17.9 Å². The molecule has 3 heterocycles. The second-order valence-electron chi connectivity index (χ2n) is 8.87. The molecule has 0 bridgehead atoms. The molecule has 0 aliphatic rings. The van der Waals surface area contributed by atoms with E-state index in [1.165, 1.54) is 11.3 Å². The Morgan fingerprint density at radius 2 is 1.77 bits per heavy atom. The molecule has 4 aromatic rings. The Bertz CT molecular complexity index is 1510. The highest BCUT2D eigenvalue weighted by atomic mass is 32.1. The maximum atomic E-state index is 12.7. The summed E-state index contributed by atoms with van der Waals surface area (Å²) < 4.78 is 0. The number of benzene rings is 1. The first-order chi connectivity index (χ1) is 18.7. The molecule has 1 atom stereocenters. The van der Waals surface area contributed by atoms with Crippen molar-refractivity contribution in [3.05, 3.63) is 69.2 Å². The second kappa shape index (κ2) is 12.3. The van der Waals surface area contributed by atoms with Gasteiger partial charge in [-0.2, -0.15) is 9.97 Å². The lowest BCUT2D eigenvalue weighted by atomic mass is 10.1. The number of nitrogens with two attached hydrogens (primary N) is 2. The molecule has 0 unspecified atom stereocenters. The summed E-state index contributed by atoms with van der Waals surface area (Å²) in [7, 11) is 0. The summed E-state index contributed by atoms with van der Waals surface area (Å²) in [5, 5.41) is 14.9. The van der Waals surface area contributed by atoms with Gasteiger partial charge in [0.2, 0.25) is 5.95 Å². The van der Waals surface area contributed by atoms with Crippen LogP contribution in [0.1, 0.15) is 49.0 Å². The topological polar surface area (TPSA) is 199 Å². The van der Waals surface area contributed by atoms with E-state index >= 15 is 0 Å². The van der Waals surface area contributed by atoms with Gasteiger partial charge in [0.25, 0.3) is 11.8 Å². The fourth-order valence-electron chi connectivity index (χ4n) is 3.85. The number of nitrogens with zero attached hydrogens (tertiary/aromatic N) is 4. The number of amides is 2. The third-order valence-electron chi connectivity index (χ3n) is 5.91. The Morgan fingerprint density at radius 3 is 2.46 bits per heavy atom. The van der Waals surface area contributed by atoms with Gasteiger partial charge in [-0.15, -0.1) is 11.3 Å². The summed E-state index contributed by atoms with van der Waals surface area (Å²) in [5.74, 6) is -1.61. The number of carboxylic acids is 1. The SMILES string of the molecule is Cc1ccc(C(=O)NCCC[C@H](NC(=O)c2ccc(CCc3cnc4nc(N)nc(N)c4n3)cc2)C(=O)O)s1. The molecule has 0 saturated heterocycles. The minimum Gasteiger partial charge on any atom is -0.480 e. The van der Waals surface area contributed by atoms with Crippen LogP contribution in [0.15, 0.2) is 42.6 Å². The molecule has 0 aliphatic carbocycles. The lowest BCUT2D eigenvalue weighted by Crippen LogP contribution is -2.41. The van der Waals surface area contributed by atoms with Gasteiger partial charge in [0.15, 0.2) is 17.0 Å². The third-order valence-corrected chi connectivity index (χ3v) is 6.91. The fourth-order valence-corrected chi connectivity index (χ4v) is 4.63. The summed E-state index contributed by atoms with van der Waals surface area (Å²) >= 11 is 1.39. The Kier molecular flexibility index (Phi) is 8.61. The van der Waals surface area contributed by atoms with Gasteiger partial charge in [0.1, 0.15) is 6.04 Å². The first-order valence-electron chi connectivity index (χ1n) is 12.2. The van der Waals surface area contributed by atoms with Gasteiger partial charge in [-0.05, 0) is 62.4 Å². The fraction of sp³-hybridized carbons (Fsp3) is 0.269. The van der Waals surface area contributed by atoms with Crippen molar-refractivity contribution in [2.45, 2.75) is 38.6 Å². The molecule has 0 aliphatic heterocycles. The third kappa shape index (κ3) is 7.23. The molecule has 1 aromatic carbocycles. The number of thiophene rings is 1. The van der Waals surface area contributed by atoms with E-state index in [0.29, 0.717) is 53.1 Å². The van der Waals surface area contributed by atoms with Crippen LogP contribution in [0.4, 0.5) is 11.8 Å². The van der Waals surface area contributed by atoms with Crippen molar-refractivity contribution in [2.24, 2.45) is 0 Å². The minimum atomic E-state index is -1.13. The maximum Gasteiger partial charge on any atom is 0.326 e. The van der Waals surface area contributed by atoms with Crippen LogP contribution < -0.4 is 22.1 Å². The summed E-state index contributed by atoms with van der Waals surface area (Å²) in [6.45, 7) is 2.22. The number of hydrogen-bond donors (Lipinski definition) is 5. The molecular weight excluding hydrogens is 520 g/mol. The molecule has 0 radical (unpaired) electrons. The van der Waals surface area contributed by atoms with Crippen LogP contribution in [0, 0.1) is 6.92 Å². The lowest BCUT2D eigenvalue weighted by Gasteiger charge is -2.15. The number of anilines is 2. The Balaban J connectivity index is 1.26. The molecule has 39 heavy (non-hydrogen) atoms. The zero-order chi connectivity index (χ0) is 27.9. The van der Waals surface area contributed by atoms with Crippen molar-refractivity contribution in [2.75, 3.05) is 18.0 Å². The molecule has 3 aromatic heterocycles. The molecule has 12 nitrogen and oxygen atoms in total. The predicted octanol–water partition coefficient (Wildman–Crippen LogP) is 2.13. The number of fused-ring (bicyclic) bond motifs is 1. The Morgan fingerprint density at radius 1 is 1.00 bits per heavy atom. The van der Waals surface area contributed by atoms with Crippen LogP contribution >= 0.6 is 11.3 Å². The van der Waals surface area contributed by atoms with Gasteiger partial charge in [-0.3, -0.25) is 9.59 Å². The average Bonchev–Trinajstić information content (AvgIpc) is 3.35. The van der Waals surface area contributed by atoms with Crippen LogP contribution in [0.3, 0.4) is 0 Å². The van der Waals surface area contributed by atoms with Crippen LogP contribution in [-0.4, -0.2) is 55.4 Å². The largest absolute Gasteiger partial charge is 0.480 e. The molecule has 0 saturated carbocycles. The second-order valence-corrected chi connectivity index (χ2v) is 10.2. The van der Waals surface area contributed by atoms with E-state index in [-0.39, 0.29) is 24.1 Å². The van der Waals surface area contributed by atoms with E-state index in [2.05, 4.69) is 30.6 Å². The van der Waals surface area contributed by atoms with E-state index in [9.17, 15) is 19.5 Å². The van der Waals surface area contributed by atoms with Gasteiger partial charge >= 0.3 is 5.97 Å². The number of hydrogen-bond acceptors (Lipinski definition) is 10. The average molecular weight is 549 g/mol. The summed E-state index contributed by atoms with van der Waals surface area (Å²) in [5.41, 5.74) is 14.2. The van der Waals surface area contributed by atoms with Crippen molar-refractivity contribution >= 4 is 52.1 Å². The molecule has 202 valence electrons. The first-order valence-corrected chi connectivity index (χ1v) is 13.0. The zero-order valence-electron chi connectivity index (χ0n) is 21.2. The summed E-state index contributed by atoms with van der Waals surface area (Å²) in [6, 6.07) is 9.45. The highest BCUT2D eigenvalue weighted by Crippen LogP contribution is 2.16. The number of rotatable bonds is 11. The van der Waals surface area contributed by atoms with Crippen molar-refractivity contribution in [1.29, 1.82) is 0 Å². The van der Waals surface area contributed by atoms with E-state index in [1.54, 1.807) is 36.5 Å². The maximum absolute atomic E-state index is 12.7. The quantitative estimate of drug-likeness (QED) is 0.173. The molecule has 13 heteroatoms. The number of nitrogens with one attached hydrogen (secondary N) is 2. The number of carboxylic acid groups (broad SMARTS) is 1. The van der Waals surface area contributed by atoms with Gasteiger partial charge < -0.3 is 27.2 Å². The summed E-state index contributed by atoms with van der Waals surface area (Å²) in [6.07, 6.45) is 3.39. The number of carbonyl (C=O) groups excluding carboxylic acids is 2. The Labute approximate surface area is 227 Å². The summed E-state index contributed by atoms with van der Waals surface area (Å²) in [4.78, 5) is 54.8. The van der Waals surface area contributed by atoms with Crippen molar-refractivity contribution in [3.8, 4) is 0 Å². The van der Waals surface area contributed by atoms with Gasteiger partial charge in [0.05, 0.1) is 16.8 Å². The van der Waals surface area contributed by atoms with Crippen LogP contribution in [0.2, 0.25) is 0 Å². The monoisotopic (exact) mass is 548 g/mol. The molecule has 4 rings (SSSR count). The number of aliphatic carboxylic acids is 1. The molecular formula is C26H28N8O4S. The Hall–Kier alpha value is -4.65. The predicted molar refractivity (Wildman–Crippen MR) is 147 cm³/mol. The van der Waals surface area contributed by atoms with Crippen molar-refractivity contribution in [1.82, 2.24) is 30.6 Å². The van der Waals surface area contributed by atoms with Crippen molar-refractivity contribution in [3.63, 3.8) is 0 Å². The van der Waals surface area contributed by atoms with E-state index in [4.69, 9.17) is 11.5 Å². The molecule has 7 N–H and O–H groups in total. The minimum absolute atomic E-state index is 0.0363. The number of aryl methyl sites for hydroxylation is 3. The van der Waals surface area contributed by atoms with E-state index in [1.807, 2.05) is 13.0 Å². The molecule has 2 amide bonds. The van der Waals surface area contributed by atoms with Crippen LogP contribution in [-0.2, 0) is 17.6 Å². The lowest BCUT2D eigenvalue weighted by molar-refractivity contribution is -0.139. The van der Waals surface area contributed by atoms with Crippen molar-refractivity contribution < 1.29 is 19.5 Å². The zero-order valence-corrected chi connectivity index (χ0v) is 22.0. The van der Waals surface area contributed by atoms with Gasteiger partial charge in [-0.1, -0.05) is 12.1 Å². The number of aromatic nitrogens is 4. The van der Waals surface area contributed by atoms with Crippen LogP contribution in [0.25, 0.3) is 11.2 Å². The van der Waals surface area contributed by atoms with Crippen LogP contribution in [0.5, 0.6) is 0 Å². The highest BCUT2D eigenvalue weighted by molar-refractivity contribution is 7.13. The molecule has 0 fully saturated rings. The standard InChI is InChI=1S/C26H28N8O4S/c1-14-4-11-19(39-14)24(36)29-12-2-3-18(25(37)38)32-23(35)16-8-5-15(6-9-16)7-10-17-13-30-22-20(31-17)21(27)33-26(28)34-22/h4-6,8-9,11,13,18H,2-3,7,10,12H2,1H3,(H,29,36)(H,32,35)(H,37,38)(H4,27,28,30,33,34)/t18-/m0/s1. The smallest absolute Gasteiger partial charge is 0.326 e.